The smallest absolute Gasteiger partial charge is 0.254 e. The second kappa shape index (κ2) is 9.70. The molecule has 124 valence electrons. The number of ether oxygens (including phenoxy) is 1. The van der Waals surface area contributed by atoms with Crippen molar-refractivity contribution in [2.45, 2.75) is 39.2 Å². The van der Waals surface area contributed by atoms with Gasteiger partial charge in [-0.3, -0.25) is 4.79 Å². The monoisotopic (exact) mass is 326 g/mol. The van der Waals surface area contributed by atoms with Gasteiger partial charge in [-0.2, -0.15) is 0 Å². The number of rotatable bonds is 7. The van der Waals surface area contributed by atoms with Gasteiger partial charge in [0, 0.05) is 24.7 Å². The third kappa shape index (κ3) is 4.89. The third-order valence-electron chi connectivity index (χ3n) is 3.75. The molecule has 1 atom stereocenters. The summed E-state index contributed by atoms with van der Waals surface area (Å²) in [5, 5.41) is 3.34. The van der Waals surface area contributed by atoms with Gasteiger partial charge in [0.05, 0.1) is 6.61 Å². The normalized spacial score (nSPS) is 16.9. The molecule has 5 heteroatoms. The molecule has 1 aliphatic heterocycles. The van der Waals surface area contributed by atoms with Crippen LogP contribution in [0.1, 0.15) is 43.5 Å². The molecule has 1 amide bonds. The van der Waals surface area contributed by atoms with Gasteiger partial charge in [-0.25, -0.2) is 0 Å². The highest BCUT2D eigenvalue weighted by Crippen LogP contribution is 2.18. The van der Waals surface area contributed by atoms with E-state index in [1.54, 1.807) is 0 Å². The number of halogens is 1. The molecule has 0 aliphatic carbocycles. The van der Waals surface area contributed by atoms with Gasteiger partial charge in [0.1, 0.15) is 5.75 Å². The highest BCUT2D eigenvalue weighted by atomic mass is 35.5. The molecule has 1 unspecified atom stereocenters. The topological polar surface area (TPSA) is 41.6 Å². The number of hydrogen-bond donors (Lipinski definition) is 1. The summed E-state index contributed by atoms with van der Waals surface area (Å²) >= 11 is 0. The van der Waals surface area contributed by atoms with Gasteiger partial charge >= 0.3 is 0 Å². The largest absolute Gasteiger partial charge is 0.494 e. The summed E-state index contributed by atoms with van der Waals surface area (Å²) in [7, 11) is 0. The average molecular weight is 327 g/mol. The minimum Gasteiger partial charge on any atom is -0.494 e. The molecule has 0 spiro atoms. The lowest BCUT2D eigenvalue weighted by Crippen LogP contribution is -2.42. The van der Waals surface area contributed by atoms with Gasteiger partial charge in [-0.1, -0.05) is 19.9 Å². The van der Waals surface area contributed by atoms with E-state index >= 15 is 0 Å². The minimum atomic E-state index is 0. The summed E-state index contributed by atoms with van der Waals surface area (Å²) in [5.74, 6) is 0.899. The Morgan fingerprint density at radius 3 is 2.82 bits per heavy atom. The van der Waals surface area contributed by atoms with E-state index in [-0.39, 0.29) is 18.3 Å². The fourth-order valence-electron chi connectivity index (χ4n) is 2.70. The molecule has 2 rings (SSSR count). The summed E-state index contributed by atoms with van der Waals surface area (Å²) in [6, 6.07) is 7.87. The molecule has 1 aliphatic rings. The van der Waals surface area contributed by atoms with Gasteiger partial charge in [-0.15, -0.1) is 12.4 Å². The number of carbonyl (C=O) groups is 1. The highest BCUT2D eigenvalue weighted by molar-refractivity contribution is 5.94. The van der Waals surface area contributed by atoms with E-state index in [0.717, 1.165) is 50.2 Å². The molecular formula is C17H27ClN2O2. The van der Waals surface area contributed by atoms with Gasteiger partial charge in [0.15, 0.2) is 0 Å². The van der Waals surface area contributed by atoms with Crippen LogP contribution in [0.2, 0.25) is 0 Å². The Hall–Kier alpha value is -1.26. The van der Waals surface area contributed by atoms with Crippen molar-refractivity contribution in [1.29, 1.82) is 0 Å². The minimum absolute atomic E-state index is 0. The quantitative estimate of drug-likeness (QED) is 0.837. The van der Waals surface area contributed by atoms with Gasteiger partial charge in [-0.05, 0) is 44.0 Å². The number of nitrogens with zero attached hydrogens (tertiary/aromatic N) is 1. The maximum Gasteiger partial charge on any atom is 0.254 e. The van der Waals surface area contributed by atoms with E-state index in [2.05, 4.69) is 19.2 Å². The number of amides is 1. The van der Waals surface area contributed by atoms with Gasteiger partial charge < -0.3 is 15.0 Å². The molecule has 1 saturated heterocycles. The van der Waals surface area contributed by atoms with Crippen molar-refractivity contribution < 1.29 is 9.53 Å². The van der Waals surface area contributed by atoms with E-state index in [4.69, 9.17) is 4.74 Å². The molecule has 1 heterocycles. The molecule has 0 saturated carbocycles. The second-order valence-electron chi connectivity index (χ2n) is 5.52. The van der Waals surface area contributed by atoms with Crippen LogP contribution in [0.5, 0.6) is 5.75 Å². The van der Waals surface area contributed by atoms with Crippen LogP contribution in [-0.2, 0) is 0 Å². The van der Waals surface area contributed by atoms with Crippen LogP contribution in [-0.4, -0.2) is 43.1 Å². The summed E-state index contributed by atoms with van der Waals surface area (Å²) in [6.45, 7) is 7.58. The van der Waals surface area contributed by atoms with E-state index in [0.29, 0.717) is 12.6 Å². The Balaban J connectivity index is 0.00000242. The lowest BCUT2D eigenvalue weighted by Gasteiger charge is -2.28. The SMILES string of the molecule is CCCOc1cccc(C(=O)N(CCC)C2CCNC2)c1.Cl. The molecule has 0 aromatic heterocycles. The van der Waals surface area contributed by atoms with E-state index < -0.39 is 0 Å². The molecule has 1 aromatic rings. The van der Waals surface area contributed by atoms with Crippen LogP contribution in [0.15, 0.2) is 24.3 Å². The molecule has 1 aromatic carbocycles. The van der Waals surface area contributed by atoms with Crippen LogP contribution < -0.4 is 10.1 Å². The second-order valence-corrected chi connectivity index (χ2v) is 5.52. The van der Waals surface area contributed by atoms with Crippen LogP contribution >= 0.6 is 12.4 Å². The van der Waals surface area contributed by atoms with Crippen molar-refractivity contribution in [3.05, 3.63) is 29.8 Å². The summed E-state index contributed by atoms with van der Waals surface area (Å²) in [6.07, 6.45) is 2.99. The van der Waals surface area contributed by atoms with Crippen LogP contribution in [0.25, 0.3) is 0 Å². The number of hydrogen-bond acceptors (Lipinski definition) is 3. The zero-order valence-corrected chi connectivity index (χ0v) is 14.3. The summed E-state index contributed by atoms with van der Waals surface area (Å²) < 4.78 is 5.63. The van der Waals surface area contributed by atoms with Crippen molar-refractivity contribution in [1.82, 2.24) is 10.2 Å². The molecule has 4 nitrogen and oxygen atoms in total. The fraction of sp³-hybridized carbons (Fsp3) is 0.588. The first-order valence-corrected chi connectivity index (χ1v) is 8.00. The average Bonchev–Trinajstić information content (AvgIpc) is 3.04. The van der Waals surface area contributed by atoms with Crippen LogP contribution in [0.4, 0.5) is 0 Å². The summed E-state index contributed by atoms with van der Waals surface area (Å²) in [4.78, 5) is 14.8. The molecule has 0 bridgehead atoms. The molecular weight excluding hydrogens is 300 g/mol. The number of carbonyl (C=O) groups excluding carboxylic acids is 1. The maximum atomic E-state index is 12.8. The Bertz CT molecular complexity index is 462. The zero-order valence-electron chi connectivity index (χ0n) is 13.5. The van der Waals surface area contributed by atoms with E-state index in [1.165, 1.54) is 0 Å². The number of benzene rings is 1. The first-order chi connectivity index (χ1) is 10.3. The lowest BCUT2D eigenvalue weighted by atomic mass is 10.1. The summed E-state index contributed by atoms with van der Waals surface area (Å²) in [5.41, 5.74) is 0.726. The van der Waals surface area contributed by atoms with Gasteiger partial charge in [0.25, 0.3) is 5.91 Å². The standard InChI is InChI=1S/C17H26N2O2.ClH/c1-3-10-19(15-8-9-18-13-15)17(20)14-6-5-7-16(12-14)21-11-4-2;/h5-7,12,15,18H,3-4,8-11,13H2,1-2H3;1H. The Morgan fingerprint density at radius 2 is 2.18 bits per heavy atom. The lowest BCUT2D eigenvalue weighted by molar-refractivity contribution is 0.0692. The van der Waals surface area contributed by atoms with Crippen LogP contribution in [0, 0.1) is 0 Å². The van der Waals surface area contributed by atoms with E-state index in [1.807, 2.05) is 29.2 Å². The Kier molecular flexibility index (Phi) is 8.28. The van der Waals surface area contributed by atoms with Crippen molar-refractivity contribution in [2.24, 2.45) is 0 Å². The van der Waals surface area contributed by atoms with Crippen molar-refractivity contribution in [3.63, 3.8) is 0 Å². The Labute approximate surface area is 139 Å². The Morgan fingerprint density at radius 1 is 1.36 bits per heavy atom. The van der Waals surface area contributed by atoms with Gasteiger partial charge in [0.2, 0.25) is 0 Å². The molecule has 1 N–H and O–H groups in total. The van der Waals surface area contributed by atoms with Crippen molar-refractivity contribution in [3.8, 4) is 5.75 Å². The first kappa shape index (κ1) is 18.8. The third-order valence-corrected chi connectivity index (χ3v) is 3.75. The highest BCUT2D eigenvalue weighted by Gasteiger charge is 2.26. The van der Waals surface area contributed by atoms with E-state index in [9.17, 15) is 4.79 Å². The van der Waals surface area contributed by atoms with Crippen molar-refractivity contribution >= 4 is 18.3 Å². The first-order valence-electron chi connectivity index (χ1n) is 8.00. The maximum absolute atomic E-state index is 12.8. The number of nitrogens with one attached hydrogen (secondary N) is 1. The predicted molar refractivity (Wildman–Crippen MR) is 92.1 cm³/mol. The van der Waals surface area contributed by atoms with Crippen molar-refractivity contribution in [2.75, 3.05) is 26.2 Å². The fourth-order valence-corrected chi connectivity index (χ4v) is 2.70. The predicted octanol–water partition coefficient (Wildman–Crippen LogP) is 3.11. The molecule has 0 radical (unpaired) electrons. The van der Waals surface area contributed by atoms with Crippen LogP contribution in [0.3, 0.4) is 0 Å². The molecule has 1 fully saturated rings. The zero-order chi connectivity index (χ0) is 15.1. The molecule has 22 heavy (non-hydrogen) atoms.